The Morgan fingerprint density at radius 2 is 1.90 bits per heavy atom. The van der Waals surface area contributed by atoms with Crippen molar-refractivity contribution in [2.24, 2.45) is 0 Å². The van der Waals surface area contributed by atoms with E-state index in [2.05, 4.69) is 22.8 Å². The zero-order chi connectivity index (χ0) is 15.1. The maximum Gasteiger partial charge on any atom is 0.319 e. The number of alkyl halides is 1. The predicted octanol–water partition coefficient (Wildman–Crippen LogP) is 4.87. The van der Waals surface area contributed by atoms with Crippen molar-refractivity contribution < 1.29 is 4.79 Å². The number of rotatable bonds is 5. The van der Waals surface area contributed by atoms with Gasteiger partial charge < -0.3 is 10.6 Å². The van der Waals surface area contributed by atoms with Crippen LogP contribution in [0, 0.1) is 0 Å². The Labute approximate surface area is 132 Å². The van der Waals surface area contributed by atoms with Crippen LogP contribution in [0.3, 0.4) is 0 Å². The molecule has 1 aromatic carbocycles. The molecule has 2 N–H and O–H groups in total. The van der Waals surface area contributed by atoms with Crippen molar-refractivity contribution in [1.29, 1.82) is 0 Å². The number of hydrogen-bond donors (Lipinski definition) is 2. The molecule has 2 amide bonds. The van der Waals surface area contributed by atoms with E-state index >= 15 is 0 Å². The number of amides is 2. The molecular formula is C17H25ClN2O. The summed E-state index contributed by atoms with van der Waals surface area (Å²) >= 11 is 5.78. The number of urea groups is 1. The lowest BCUT2D eigenvalue weighted by molar-refractivity contribution is 0.249. The Balaban J connectivity index is 1.88. The molecule has 0 saturated heterocycles. The zero-order valence-electron chi connectivity index (χ0n) is 12.7. The third-order valence-corrected chi connectivity index (χ3v) is 4.63. The van der Waals surface area contributed by atoms with Gasteiger partial charge in [0.2, 0.25) is 0 Å². The molecule has 0 radical (unpaired) electrons. The second-order valence-corrected chi connectivity index (χ2v) is 6.12. The van der Waals surface area contributed by atoms with Crippen LogP contribution in [0.1, 0.15) is 56.9 Å². The van der Waals surface area contributed by atoms with Gasteiger partial charge in [0.15, 0.2) is 0 Å². The molecule has 0 aromatic heterocycles. The van der Waals surface area contributed by atoms with Crippen molar-refractivity contribution in [3.8, 4) is 0 Å². The van der Waals surface area contributed by atoms with E-state index in [4.69, 9.17) is 11.6 Å². The van der Waals surface area contributed by atoms with E-state index < -0.39 is 0 Å². The molecule has 4 heteroatoms. The maximum absolute atomic E-state index is 11.8. The standard InChI is InChI=1S/C17H25ClN2O/c1-2-15(12-18)19-17(21)20-16-10-8-14(9-11-16)13-6-4-3-5-7-13/h8-11,13,15H,2-7,12H2,1H3,(H2,19,20,21). The molecule has 3 nitrogen and oxygen atoms in total. The van der Waals surface area contributed by atoms with Crippen molar-refractivity contribution >= 4 is 23.3 Å². The van der Waals surface area contributed by atoms with Crippen LogP contribution in [0.4, 0.5) is 10.5 Å². The number of benzene rings is 1. The minimum atomic E-state index is -0.187. The number of hydrogen-bond acceptors (Lipinski definition) is 1. The van der Waals surface area contributed by atoms with Gasteiger partial charge in [0, 0.05) is 17.6 Å². The Morgan fingerprint density at radius 3 is 2.48 bits per heavy atom. The van der Waals surface area contributed by atoms with E-state index in [1.807, 2.05) is 19.1 Å². The van der Waals surface area contributed by atoms with E-state index in [1.54, 1.807) is 0 Å². The molecule has 1 aromatic rings. The second-order valence-electron chi connectivity index (χ2n) is 5.81. The first-order chi connectivity index (χ1) is 10.2. The molecule has 1 aliphatic carbocycles. The summed E-state index contributed by atoms with van der Waals surface area (Å²) in [5.74, 6) is 1.13. The lowest BCUT2D eigenvalue weighted by Crippen LogP contribution is -2.38. The van der Waals surface area contributed by atoms with Crippen LogP contribution < -0.4 is 10.6 Å². The van der Waals surface area contributed by atoms with E-state index in [-0.39, 0.29) is 12.1 Å². The first kappa shape index (κ1) is 16.2. The molecule has 116 valence electrons. The summed E-state index contributed by atoms with van der Waals surface area (Å²) in [7, 11) is 0. The fourth-order valence-electron chi connectivity index (χ4n) is 2.88. The molecule has 0 spiro atoms. The SMILES string of the molecule is CCC(CCl)NC(=O)Nc1ccc(C2CCCCC2)cc1. The van der Waals surface area contributed by atoms with Crippen molar-refractivity contribution in [2.75, 3.05) is 11.2 Å². The molecular weight excluding hydrogens is 284 g/mol. The quantitative estimate of drug-likeness (QED) is 0.748. The average molecular weight is 309 g/mol. The first-order valence-electron chi connectivity index (χ1n) is 7.96. The highest BCUT2D eigenvalue weighted by atomic mass is 35.5. The number of carbonyl (C=O) groups excluding carboxylic acids is 1. The van der Waals surface area contributed by atoms with Crippen LogP contribution in [-0.4, -0.2) is 18.0 Å². The smallest absolute Gasteiger partial charge is 0.319 e. The van der Waals surface area contributed by atoms with Gasteiger partial charge in [-0.05, 0) is 42.9 Å². The number of carbonyl (C=O) groups is 1. The maximum atomic E-state index is 11.8. The third kappa shape index (κ3) is 4.92. The summed E-state index contributed by atoms with van der Waals surface area (Å²) in [5.41, 5.74) is 2.23. The minimum Gasteiger partial charge on any atom is -0.334 e. The van der Waals surface area contributed by atoms with Crippen molar-refractivity contribution in [3.63, 3.8) is 0 Å². The van der Waals surface area contributed by atoms with E-state index in [0.717, 1.165) is 12.1 Å². The molecule has 1 unspecified atom stereocenters. The van der Waals surface area contributed by atoms with E-state index in [9.17, 15) is 4.79 Å². The van der Waals surface area contributed by atoms with Gasteiger partial charge in [0.1, 0.15) is 0 Å². The van der Waals surface area contributed by atoms with Crippen LogP contribution >= 0.6 is 11.6 Å². The van der Waals surface area contributed by atoms with Crippen LogP contribution in [-0.2, 0) is 0 Å². The first-order valence-corrected chi connectivity index (χ1v) is 8.49. The molecule has 0 aliphatic heterocycles. The lowest BCUT2D eigenvalue weighted by atomic mass is 9.84. The summed E-state index contributed by atoms with van der Waals surface area (Å²) in [4.78, 5) is 11.8. The van der Waals surface area contributed by atoms with Crippen LogP contribution in [0.25, 0.3) is 0 Å². The molecule has 2 rings (SSSR count). The summed E-state index contributed by atoms with van der Waals surface area (Å²) in [6, 6.07) is 8.10. The Morgan fingerprint density at radius 1 is 1.24 bits per heavy atom. The third-order valence-electron chi connectivity index (χ3n) is 4.26. The zero-order valence-corrected chi connectivity index (χ0v) is 13.5. The van der Waals surface area contributed by atoms with Gasteiger partial charge in [-0.25, -0.2) is 4.79 Å². The predicted molar refractivity (Wildman–Crippen MR) is 89.2 cm³/mol. The molecule has 1 aliphatic rings. The van der Waals surface area contributed by atoms with Gasteiger partial charge in [0.05, 0.1) is 0 Å². The number of halogens is 1. The van der Waals surface area contributed by atoms with Crippen LogP contribution in [0.2, 0.25) is 0 Å². The van der Waals surface area contributed by atoms with Crippen molar-refractivity contribution in [3.05, 3.63) is 29.8 Å². The summed E-state index contributed by atoms with van der Waals surface area (Å²) in [6.07, 6.45) is 7.46. The fraction of sp³-hybridized carbons (Fsp3) is 0.588. The Bertz CT molecular complexity index is 437. The van der Waals surface area contributed by atoms with E-state index in [0.29, 0.717) is 11.8 Å². The van der Waals surface area contributed by atoms with Gasteiger partial charge in [-0.3, -0.25) is 0 Å². The highest BCUT2D eigenvalue weighted by Crippen LogP contribution is 2.32. The fourth-order valence-corrected chi connectivity index (χ4v) is 3.17. The van der Waals surface area contributed by atoms with E-state index in [1.165, 1.54) is 37.7 Å². The summed E-state index contributed by atoms with van der Waals surface area (Å²) in [5, 5.41) is 5.72. The summed E-state index contributed by atoms with van der Waals surface area (Å²) in [6.45, 7) is 2.01. The van der Waals surface area contributed by atoms with Crippen LogP contribution in [0.5, 0.6) is 0 Å². The van der Waals surface area contributed by atoms with Gasteiger partial charge >= 0.3 is 6.03 Å². The minimum absolute atomic E-state index is 0.0215. The monoisotopic (exact) mass is 308 g/mol. The topological polar surface area (TPSA) is 41.1 Å². The lowest BCUT2D eigenvalue weighted by Gasteiger charge is -2.22. The van der Waals surface area contributed by atoms with Gasteiger partial charge in [0.25, 0.3) is 0 Å². The molecule has 1 fully saturated rings. The normalized spacial score (nSPS) is 17.2. The molecule has 21 heavy (non-hydrogen) atoms. The molecule has 1 atom stereocenters. The Hall–Kier alpha value is -1.22. The highest BCUT2D eigenvalue weighted by Gasteiger charge is 2.15. The Kier molecular flexibility index (Phi) is 6.37. The van der Waals surface area contributed by atoms with Gasteiger partial charge in [-0.1, -0.05) is 38.3 Å². The van der Waals surface area contributed by atoms with Gasteiger partial charge in [-0.2, -0.15) is 0 Å². The van der Waals surface area contributed by atoms with Crippen LogP contribution in [0.15, 0.2) is 24.3 Å². The van der Waals surface area contributed by atoms with Gasteiger partial charge in [-0.15, -0.1) is 11.6 Å². The van der Waals surface area contributed by atoms with Crippen molar-refractivity contribution in [1.82, 2.24) is 5.32 Å². The largest absolute Gasteiger partial charge is 0.334 e. The average Bonchev–Trinajstić information content (AvgIpc) is 2.54. The summed E-state index contributed by atoms with van der Waals surface area (Å²) < 4.78 is 0. The number of anilines is 1. The second kappa shape index (κ2) is 8.28. The highest BCUT2D eigenvalue weighted by molar-refractivity contribution is 6.18. The molecule has 1 saturated carbocycles. The molecule has 0 bridgehead atoms. The van der Waals surface area contributed by atoms with Crippen molar-refractivity contribution in [2.45, 2.75) is 57.4 Å². The number of nitrogens with one attached hydrogen (secondary N) is 2. The molecule has 0 heterocycles.